The molecule has 1 aliphatic carbocycles. The minimum absolute atomic E-state index is 0.0394. The summed E-state index contributed by atoms with van der Waals surface area (Å²) >= 11 is 0. The third-order valence-electron chi connectivity index (χ3n) is 2.75. The first-order valence-corrected chi connectivity index (χ1v) is 4.51. The summed E-state index contributed by atoms with van der Waals surface area (Å²) in [5.74, 6) is 0.224. The normalized spacial score (nSPS) is 21.9. The lowest BCUT2D eigenvalue weighted by atomic mass is 9.88. The van der Waals surface area contributed by atoms with E-state index < -0.39 is 0 Å². The van der Waals surface area contributed by atoms with Crippen molar-refractivity contribution in [3.8, 4) is 0 Å². The number of hydrogen-bond acceptors (Lipinski definition) is 1. The van der Waals surface area contributed by atoms with Crippen molar-refractivity contribution in [1.82, 2.24) is 5.73 Å². The average molecular weight is 154 g/mol. The molecule has 0 heterocycles. The molecule has 0 aromatic heterocycles. The predicted octanol–water partition coefficient (Wildman–Crippen LogP) is 2.01. The molecule has 1 fully saturated rings. The maximum Gasteiger partial charge on any atom is 0.241 e. The molecule has 1 N–H and O–H groups in total. The molecule has 2 nitrogen and oxygen atoms in total. The van der Waals surface area contributed by atoms with Crippen molar-refractivity contribution in [3.05, 3.63) is 0 Å². The van der Waals surface area contributed by atoms with Crippen LogP contribution in [0.4, 0.5) is 0 Å². The molecular formula is C9H16NO. The van der Waals surface area contributed by atoms with Gasteiger partial charge in [0, 0.05) is 5.92 Å². The largest absolute Gasteiger partial charge is 0.273 e. The second-order valence-corrected chi connectivity index (χ2v) is 3.42. The molecule has 2 heteroatoms. The number of carbonyl (C=O) groups excluding carboxylic acids is 1. The zero-order chi connectivity index (χ0) is 8.27. The van der Waals surface area contributed by atoms with Crippen LogP contribution in [0.2, 0.25) is 0 Å². The zero-order valence-electron chi connectivity index (χ0n) is 7.10. The lowest BCUT2D eigenvalue weighted by Gasteiger charge is -2.16. The summed E-state index contributed by atoms with van der Waals surface area (Å²) in [5, 5.41) is 0. The fourth-order valence-electron chi connectivity index (χ4n) is 2.09. The lowest BCUT2D eigenvalue weighted by Crippen LogP contribution is -2.21. The number of carbonyl (C=O) groups is 1. The van der Waals surface area contributed by atoms with Crippen molar-refractivity contribution < 1.29 is 4.79 Å². The summed E-state index contributed by atoms with van der Waals surface area (Å²) in [4.78, 5) is 10.8. The van der Waals surface area contributed by atoms with E-state index in [4.69, 9.17) is 5.73 Å². The first-order valence-electron chi connectivity index (χ1n) is 4.51. The highest BCUT2D eigenvalue weighted by molar-refractivity contribution is 5.76. The Balaban J connectivity index is 2.46. The van der Waals surface area contributed by atoms with Gasteiger partial charge in [0.15, 0.2) is 0 Å². The van der Waals surface area contributed by atoms with Crippen molar-refractivity contribution in [2.24, 2.45) is 11.8 Å². The summed E-state index contributed by atoms with van der Waals surface area (Å²) in [6.07, 6.45) is 5.71. The first-order chi connectivity index (χ1) is 5.25. The third-order valence-corrected chi connectivity index (χ3v) is 2.75. The topological polar surface area (TPSA) is 40.9 Å². The van der Waals surface area contributed by atoms with Crippen molar-refractivity contribution in [3.63, 3.8) is 0 Å². The van der Waals surface area contributed by atoms with Crippen LogP contribution in [-0.4, -0.2) is 5.91 Å². The van der Waals surface area contributed by atoms with Crippen molar-refractivity contribution in [1.29, 1.82) is 0 Å². The summed E-state index contributed by atoms with van der Waals surface area (Å²) in [5.41, 5.74) is 7.06. The number of rotatable bonds is 3. The van der Waals surface area contributed by atoms with Gasteiger partial charge in [-0.05, 0) is 25.2 Å². The highest BCUT2D eigenvalue weighted by atomic mass is 16.1. The van der Waals surface area contributed by atoms with E-state index in [9.17, 15) is 4.79 Å². The standard InChI is InChI=1S/C9H16NO/c1-2-8(9(10)11)7-5-3-4-6-7/h7-8,10H,2-6H2,1H3. The summed E-state index contributed by atoms with van der Waals surface area (Å²) in [6.45, 7) is 2.01. The van der Waals surface area contributed by atoms with E-state index in [2.05, 4.69) is 0 Å². The van der Waals surface area contributed by atoms with E-state index in [0.717, 1.165) is 6.42 Å². The van der Waals surface area contributed by atoms with Gasteiger partial charge in [-0.2, -0.15) is 0 Å². The molecule has 63 valence electrons. The van der Waals surface area contributed by atoms with E-state index >= 15 is 0 Å². The van der Waals surface area contributed by atoms with E-state index in [1.807, 2.05) is 6.92 Å². The Kier molecular flexibility index (Phi) is 2.92. The maximum absolute atomic E-state index is 10.8. The van der Waals surface area contributed by atoms with E-state index in [1.165, 1.54) is 25.7 Å². The van der Waals surface area contributed by atoms with Crippen LogP contribution >= 0.6 is 0 Å². The van der Waals surface area contributed by atoms with Gasteiger partial charge in [0.25, 0.3) is 0 Å². The lowest BCUT2D eigenvalue weighted by molar-refractivity contribution is -0.124. The molecule has 1 unspecified atom stereocenters. The van der Waals surface area contributed by atoms with E-state index in [1.54, 1.807) is 0 Å². The molecule has 1 radical (unpaired) electrons. The van der Waals surface area contributed by atoms with Gasteiger partial charge in [-0.1, -0.05) is 19.8 Å². The number of nitrogens with one attached hydrogen (secondary N) is 1. The van der Waals surface area contributed by atoms with Crippen LogP contribution in [0.15, 0.2) is 0 Å². The minimum Gasteiger partial charge on any atom is -0.273 e. The van der Waals surface area contributed by atoms with Crippen LogP contribution in [0.5, 0.6) is 0 Å². The Morgan fingerprint density at radius 3 is 2.45 bits per heavy atom. The smallest absolute Gasteiger partial charge is 0.241 e. The SMILES string of the molecule is CCC(C([NH])=O)C1CCCC1. The highest BCUT2D eigenvalue weighted by Crippen LogP contribution is 2.32. The monoisotopic (exact) mass is 154 g/mol. The van der Waals surface area contributed by atoms with Crippen LogP contribution in [-0.2, 0) is 4.79 Å². The molecule has 0 aromatic rings. The Morgan fingerprint density at radius 2 is 2.09 bits per heavy atom. The molecule has 0 spiro atoms. The second kappa shape index (κ2) is 3.74. The highest BCUT2D eigenvalue weighted by Gasteiger charge is 2.27. The van der Waals surface area contributed by atoms with Crippen molar-refractivity contribution >= 4 is 5.91 Å². The van der Waals surface area contributed by atoms with Gasteiger partial charge in [-0.15, -0.1) is 0 Å². The molecule has 1 rings (SSSR count). The van der Waals surface area contributed by atoms with Crippen LogP contribution < -0.4 is 5.73 Å². The van der Waals surface area contributed by atoms with Crippen molar-refractivity contribution in [2.75, 3.05) is 0 Å². The Morgan fingerprint density at radius 1 is 1.55 bits per heavy atom. The molecule has 0 aromatic carbocycles. The molecule has 1 atom stereocenters. The summed E-state index contributed by atoms with van der Waals surface area (Å²) in [6, 6.07) is 0. The van der Waals surface area contributed by atoms with E-state index in [-0.39, 0.29) is 11.8 Å². The van der Waals surface area contributed by atoms with Gasteiger partial charge >= 0.3 is 0 Å². The van der Waals surface area contributed by atoms with Crippen LogP contribution in [0.25, 0.3) is 0 Å². The van der Waals surface area contributed by atoms with Gasteiger partial charge in [0.1, 0.15) is 0 Å². The fourth-order valence-corrected chi connectivity index (χ4v) is 2.09. The van der Waals surface area contributed by atoms with Crippen LogP contribution in [0.1, 0.15) is 39.0 Å². The van der Waals surface area contributed by atoms with Gasteiger partial charge in [-0.3, -0.25) is 10.5 Å². The molecule has 0 bridgehead atoms. The summed E-state index contributed by atoms with van der Waals surface area (Å²) < 4.78 is 0. The van der Waals surface area contributed by atoms with Gasteiger partial charge in [0.05, 0.1) is 0 Å². The Bertz CT molecular complexity index is 138. The first kappa shape index (κ1) is 8.57. The van der Waals surface area contributed by atoms with Gasteiger partial charge in [0.2, 0.25) is 5.91 Å². The summed E-state index contributed by atoms with van der Waals surface area (Å²) in [7, 11) is 0. The molecule has 0 aliphatic heterocycles. The molecule has 1 aliphatic rings. The predicted molar refractivity (Wildman–Crippen MR) is 43.8 cm³/mol. The molecule has 1 amide bonds. The van der Waals surface area contributed by atoms with Crippen LogP contribution in [0.3, 0.4) is 0 Å². The molecular weight excluding hydrogens is 138 g/mol. The van der Waals surface area contributed by atoms with Crippen molar-refractivity contribution in [2.45, 2.75) is 39.0 Å². The fraction of sp³-hybridized carbons (Fsp3) is 0.889. The number of amides is 1. The quantitative estimate of drug-likeness (QED) is 0.613. The average Bonchev–Trinajstić information content (AvgIpc) is 2.40. The molecule has 11 heavy (non-hydrogen) atoms. The number of hydrogen-bond donors (Lipinski definition) is 0. The Hall–Kier alpha value is -0.530. The van der Waals surface area contributed by atoms with Gasteiger partial charge in [-0.25, -0.2) is 0 Å². The molecule has 1 saturated carbocycles. The van der Waals surface area contributed by atoms with Crippen LogP contribution in [0, 0.1) is 11.8 Å². The zero-order valence-corrected chi connectivity index (χ0v) is 7.10. The third kappa shape index (κ3) is 1.95. The van der Waals surface area contributed by atoms with Gasteiger partial charge < -0.3 is 0 Å². The second-order valence-electron chi connectivity index (χ2n) is 3.42. The maximum atomic E-state index is 10.8. The molecule has 0 saturated heterocycles. The van der Waals surface area contributed by atoms with E-state index in [0.29, 0.717) is 5.92 Å². The minimum atomic E-state index is -0.348. The Labute approximate surface area is 68.2 Å².